The molecule has 5 heteroatoms. The Kier molecular flexibility index (Phi) is 8.51. The number of hydrogen-bond donors (Lipinski definition) is 2. The minimum absolute atomic E-state index is 0.187. The highest BCUT2D eigenvalue weighted by molar-refractivity contribution is 5.67. The summed E-state index contributed by atoms with van der Waals surface area (Å²) >= 11 is 0. The second-order valence-electron chi connectivity index (χ2n) is 5.21. The lowest BCUT2D eigenvalue weighted by molar-refractivity contribution is 0.141. The molecular formula is C15H27N3O2. The van der Waals surface area contributed by atoms with Gasteiger partial charge < -0.3 is 15.0 Å². The van der Waals surface area contributed by atoms with Gasteiger partial charge in [0.15, 0.2) is 0 Å². The number of hydrogen-bond acceptors (Lipinski definition) is 3. The van der Waals surface area contributed by atoms with Gasteiger partial charge in [-0.05, 0) is 26.2 Å². The Hall–Kier alpha value is -1.52. The normalized spacial score (nSPS) is 12.1. The maximum atomic E-state index is 11.6. The molecule has 20 heavy (non-hydrogen) atoms. The van der Waals surface area contributed by atoms with E-state index in [2.05, 4.69) is 22.2 Å². The first kappa shape index (κ1) is 16.5. The molecule has 0 spiro atoms. The van der Waals surface area contributed by atoms with E-state index in [4.69, 9.17) is 4.74 Å². The molecule has 1 heterocycles. The zero-order chi connectivity index (χ0) is 14.6. The van der Waals surface area contributed by atoms with Crippen LogP contribution in [-0.4, -0.2) is 28.7 Å². The lowest BCUT2D eigenvalue weighted by atomic mass is 10.1. The molecule has 0 saturated heterocycles. The highest BCUT2D eigenvalue weighted by Crippen LogP contribution is 2.05. The third-order valence-corrected chi connectivity index (χ3v) is 3.23. The van der Waals surface area contributed by atoms with Crippen molar-refractivity contribution in [2.75, 3.05) is 6.61 Å². The fourth-order valence-corrected chi connectivity index (χ4v) is 2.04. The molecule has 0 radical (unpaired) electrons. The van der Waals surface area contributed by atoms with Crippen molar-refractivity contribution in [1.82, 2.24) is 15.3 Å². The van der Waals surface area contributed by atoms with Crippen LogP contribution in [0.5, 0.6) is 0 Å². The molecule has 114 valence electrons. The topological polar surface area (TPSA) is 67.0 Å². The second-order valence-corrected chi connectivity index (χ2v) is 5.21. The Bertz CT molecular complexity index is 352. The number of unbranched alkanes of at least 4 members (excludes halogenated alkanes) is 3. The molecule has 0 aliphatic carbocycles. The van der Waals surface area contributed by atoms with Gasteiger partial charge in [-0.3, -0.25) is 0 Å². The molecule has 0 fully saturated rings. The van der Waals surface area contributed by atoms with Gasteiger partial charge in [0, 0.05) is 17.9 Å². The Labute approximate surface area is 121 Å². The number of carbonyl (C=O) groups is 1. The van der Waals surface area contributed by atoms with E-state index in [0.29, 0.717) is 6.61 Å². The van der Waals surface area contributed by atoms with Gasteiger partial charge in [-0.25, -0.2) is 9.78 Å². The number of rotatable bonds is 10. The number of H-pyrrole nitrogens is 1. The third kappa shape index (κ3) is 7.81. The number of ether oxygens (including phenoxy) is 1. The van der Waals surface area contributed by atoms with E-state index >= 15 is 0 Å². The van der Waals surface area contributed by atoms with Crippen molar-refractivity contribution in [1.29, 1.82) is 0 Å². The largest absolute Gasteiger partial charge is 0.450 e. The fourth-order valence-electron chi connectivity index (χ4n) is 2.04. The summed E-state index contributed by atoms with van der Waals surface area (Å²) < 4.78 is 5.15. The number of imidazole rings is 1. The Morgan fingerprint density at radius 1 is 1.40 bits per heavy atom. The van der Waals surface area contributed by atoms with Crippen LogP contribution >= 0.6 is 0 Å². The van der Waals surface area contributed by atoms with E-state index in [1.54, 1.807) is 12.5 Å². The minimum Gasteiger partial charge on any atom is -0.450 e. The zero-order valence-electron chi connectivity index (χ0n) is 12.7. The van der Waals surface area contributed by atoms with E-state index < -0.39 is 0 Å². The van der Waals surface area contributed by atoms with Gasteiger partial charge in [-0.15, -0.1) is 0 Å². The van der Waals surface area contributed by atoms with Crippen LogP contribution in [-0.2, 0) is 11.2 Å². The van der Waals surface area contributed by atoms with Gasteiger partial charge >= 0.3 is 6.09 Å². The number of aryl methyl sites for hydroxylation is 1. The van der Waals surface area contributed by atoms with Crippen molar-refractivity contribution < 1.29 is 9.53 Å². The van der Waals surface area contributed by atoms with Gasteiger partial charge in [0.1, 0.15) is 0 Å². The molecule has 0 aliphatic heterocycles. The van der Waals surface area contributed by atoms with Gasteiger partial charge in [0.2, 0.25) is 0 Å². The van der Waals surface area contributed by atoms with Crippen LogP contribution in [0.3, 0.4) is 0 Å². The zero-order valence-corrected chi connectivity index (χ0v) is 12.7. The van der Waals surface area contributed by atoms with Crippen LogP contribution in [0.1, 0.15) is 58.1 Å². The van der Waals surface area contributed by atoms with Crippen molar-refractivity contribution in [3.8, 4) is 0 Å². The maximum absolute atomic E-state index is 11.6. The predicted molar refractivity (Wildman–Crippen MR) is 79.6 cm³/mol. The number of carbonyl (C=O) groups excluding carboxylic acids is 1. The van der Waals surface area contributed by atoms with Crippen molar-refractivity contribution in [3.05, 3.63) is 18.2 Å². The highest BCUT2D eigenvalue weighted by atomic mass is 16.5. The number of aromatic nitrogens is 2. The molecule has 1 aromatic heterocycles. The molecule has 1 aromatic rings. The van der Waals surface area contributed by atoms with E-state index in [1.165, 1.54) is 19.3 Å². The van der Waals surface area contributed by atoms with E-state index in [0.717, 1.165) is 31.4 Å². The molecule has 1 atom stereocenters. The van der Waals surface area contributed by atoms with E-state index in [-0.39, 0.29) is 12.1 Å². The summed E-state index contributed by atoms with van der Waals surface area (Å²) in [6, 6.07) is 0.187. The van der Waals surface area contributed by atoms with Crippen LogP contribution in [0.4, 0.5) is 4.79 Å². The summed E-state index contributed by atoms with van der Waals surface area (Å²) in [5.41, 5.74) is 1.07. The van der Waals surface area contributed by atoms with E-state index in [1.807, 2.05) is 6.92 Å². The minimum atomic E-state index is -0.308. The molecule has 0 aromatic carbocycles. The predicted octanol–water partition coefficient (Wildman–Crippen LogP) is 3.43. The van der Waals surface area contributed by atoms with Gasteiger partial charge in [0.05, 0.1) is 12.9 Å². The average Bonchev–Trinajstić information content (AvgIpc) is 2.93. The fraction of sp³-hybridized carbons (Fsp3) is 0.733. The van der Waals surface area contributed by atoms with Crippen LogP contribution in [0.15, 0.2) is 12.5 Å². The van der Waals surface area contributed by atoms with E-state index in [9.17, 15) is 4.79 Å². The average molecular weight is 281 g/mol. The number of alkyl carbamates (subject to hydrolysis) is 1. The van der Waals surface area contributed by atoms with Crippen LogP contribution < -0.4 is 5.32 Å². The molecule has 0 saturated carbocycles. The van der Waals surface area contributed by atoms with Crippen LogP contribution in [0.2, 0.25) is 0 Å². The van der Waals surface area contributed by atoms with Crippen molar-refractivity contribution >= 4 is 6.09 Å². The standard InChI is InChI=1S/C15H27N3O2/c1-3-4-5-6-8-13(2)18-15(19)20-10-7-9-14-11-16-12-17-14/h11-13H,3-10H2,1-2H3,(H,16,17)(H,18,19). The molecule has 0 bridgehead atoms. The summed E-state index contributed by atoms with van der Waals surface area (Å²) in [6.45, 7) is 4.66. The Balaban J connectivity index is 1.98. The lowest BCUT2D eigenvalue weighted by Crippen LogP contribution is -2.33. The molecule has 2 N–H and O–H groups in total. The third-order valence-electron chi connectivity index (χ3n) is 3.23. The van der Waals surface area contributed by atoms with Crippen molar-refractivity contribution in [2.45, 2.75) is 64.8 Å². The quantitative estimate of drug-likeness (QED) is 0.646. The first-order valence-electron chi connectivity index (χ1n) is 7.63. The summed E-state index contributed by atoms with van der Waals surface area (Å²) in [5.74, 6) is 0. The van der Waals surface area contributed by atoms with Gasteiger partial charge in [0.25, 0.3) is 0 Å². The lowest BCUT2D eigenvalue weighted by Gasteiger charge is -2.13. The monoisotopic (exact) mass is 281 g/mol. The number of amides is 1. The van der Waals surface area contributed by atoms with Gasteiger partial charge in [-0.2, -0.15) is 0 Å². The van der Waals surface area contributed by atoms with Gasteiger partial charge in [-0.1, -0.05) is 32.6 Å². The smallest absolute Gasteiger partial charge is 0.407 e. The number of nitrogens with one attached hydrogen (secondary N) is 2. The molecular weight excluding hydrogens is 254 g/mol. The summed E-state index contributed by atoms with van der Waals surface area (Å²) in [4.78, 5) is 18.5. The Morgan fingerprint density at radius 3 is 2.95 bits per heavy atom. The Morgan fingerprint density at radius 2 is 2.25 bits per heavy atom. The van der Waals surface area contributed by atoms with Crippen LogP contribution in [0, 0.1) is 0 Å². The molecule has 5 nitrogen and oxygen atoms in total. The van der Waals surface area contributed by atoms with Crippen LogP contribution in [0.25, 0.3) is 0 Å². The SMILES string of the molecule is CCCCCCC(C)NC(=O)OCCCc1cnc[nH]1. The first-order valence-corrected chi connectivity index (χ1v) is 7.63. The molecule has 1 rings (SSSR count). The van der Waals surface area contributed by atoms with Crippen molar-refractivity contribution in [3.63, 3.8) is 0 Å². The summed E-state index contributed by atoms with van der Waals surface area (Å²) in [7, 11) is 0. The number of aromatic amines is 1. The maximum Gasteiger partial charge on any atom is 0.407 e. The molecule has 0 aliphatic rings. The first-order chi connectivity index (χ1) is 9.72. The van der Waals surface area contributed by atoms with Crippen molar-refractivity contribution in [2.24, 2.45) is 0 Å². The highest BCUT2D eigenvalue weighted by Gasteiger charge is 2.07. The molecule has 1 unspecified atom stereocenters. The summed E-state index contributed by atoms with van der Waals surface area (Å²) in [5, 5.41) is 2.87. The summed E-state index contributed by atoms with van der Waals surface area (Å²) in [6.07, 6.45) is 10.7. The molecule has 1 amide bonds. The number of nitrogens with zero attached hydrogens (tertiary/aromatic N) is 1. The second kappa shape index (κ2) is 10.3.